The molecule has 6 heteroatoms. The van der Waals surface area contributed by atoms with Crippen molar-refractivity contribution in [3.05, 3.63) is 41.2 Å². The molecule has 0 fully saturated rings. The van der Waals surface area contributed by atoms with Crippen molar-refractivity contribution in [2.24, 2.45) is 5.84 Å². The lowest BCUT2D eigenvalue weighted by Crippen LogP contribution is -2.30. The number of benzene rings is 1. The fourth-order valence-electron chi connectivity index (χ4n) is 2.44. The van der Waals surface area contributed by atoms with Gasteiger partial charge in [0.1, 0.15) is 0 Å². The Morgan fingerprint density at radius 1 is 1.24 bits per heavy atom. The minimum absolute atomic E-state index is 0.161. The van der Waals surface area contributed by atoms with Crippen LogP contribution in [0.1, 0.15) is 29.9 Å². The third kappa shape index (κ3) is 3.01. The van der Waals surface area contributed by atoms with Gasteiger partial charge in [-0.15, -0.1) is 0 Å². The maximum atomic E-state index is 5.77. The summed E-state index contributed by atoms with van der Waals surface area (Å²) in [7, 11) is 3.23. The molecule has 0 saturated carbocycles. The summed E-state index contributed by atoms with van der Waals surface area (Å²) in [5, 5.41) is 4.46. The molecule has 0 amide bonds. The maximum absolute atomic E-state index is 5.77. The van der Waals surface area contributed by atoms with Crippen molar-refractivity contribution in [1.29, 1.82) is 0 Å². The summed E-state index contributed by atoms with van der Waals surface area (Å²) < 4.78 is 12.6. The summed E-state index contributed by atoms with van der Waals surface area (Å²) >= 11 is 0. The van der Waals surface area contributed by atoms with Crippen LogP contribution in [0.4, 0.5) is 0 Å². The maximum Gasteiger partial charge on any atom is 0.161 e. The minimum Gasteiger partial charge on any atom is -0.493 e. The van der Waals surface area contributed by atoms with E-state index in [1.807, 2.05) is 35.9 Å². The molecule has 2 aromatic rings. The van der Waals surface area contributed by atoms with Gasteiger partial charge in [0.25, 0.3) is 0 Å². The van der Waals surface area contributed by atoms with E-state index >= 15 is 0 Å². The van der Waals surface area contributed by atoms with Crippen molar-refractivity contribution in [3.63, 3.8) is 0 Å². The lowest BCUT2D eigenvalue weighted by Gasteiger charge is -2.19. The average molecular weight is 290 g/mol. The molecule has 1 aromatic carbocycles. The lowest BCUT2D eigenvalue weighted by molar-refractivity contribution is 0.354. The van der Waals surface area contributed by atoms with Crippen LogP contribution < -0.4 is 20.7 Å². The van der Waals surface area contributed by atoms with E-state index in [1.54, 1.807) is 14.2 Å². The highest BCUT2D eigenvalue weighted by Crippen LogP contribution is 2.32. The SMILES string of the molecule is CCn1nc(C)cc1C(NN)c1ccc(OC)c(OC)c1. The fourth-order valence-corrected chi connectivity index (χ4v) is 2.44. The van der Waals surface area contributed by atoms with Crippen LogP contribution in [0, 0.1) is 6.92 Å². The van der Waals surface area contributed by atoms with Crippen LogP contribution in [0.3, 0.4) is 0 Å². The molecule has 0 aliphatic heterocycles. The quantitative estimate of drug-likeness (QED) is 0.626. The van der Waals surface area contributed by atoms with Gasteiger partial charge in [0, 0.05) is 6.54 Å². The molecule has 0 aliphatic carbocycles. The first-order chi connectivity index (χ1) is 10.1. The van der Waals surface area contributed by atoms with Gasteiger partial charge in [-0.1, -0.05) is 6.07 Å². The molecule has 1 aromatic heterocycles. The first-order valence-corrected chi connectivity index (χ1v) is 6.87. The van der Waals surface area contributed by atoms with Crippen LogP contribution in [0.25, 0.3) is 0 Å². The largest absolute Gasteiger partial charge is 0.493 e. The molecule has 1 unspecified atom stereocenters. The molecule has 21 heavy (non-hydrogen) atoms. The number of ether oxygens (including phenoxy) is 2. The zero-order valence-corrected chi connectivity index (χ0v) is 12.9. The molecule has 3 N–H and O–H groups in total. The molecule has 1 heterocycles. The number of hydrazine groups is 1. The Hall–Kier alpha value is -2.05. The number of aryl methyl sites for hydroxylation is 2. The second kappa shape index (κ2) is 6.60. The topological polar surface area (TPSA) is 74.3 Å². The number of nitrogens with two attached hydrogens (primary N) is 1. The molecule has 2 rings (SSSR count). The van der Waals surface area contributed by atoms with Gasteiger partial charge in [-0.05, 0) is 37.6 Å². The van der Waals surface area contributed by atoms with Gasteiger partial charge in [-0.3, -0.25) is 10.5 Å². The van der Waals surface area contributed by atoms with Crippen molar-refractivity contribution in [2.75, 3.05) is 14.2 Å². The fraction of sp³-hybridized carbons (Fsp3) is 0.400. The van der Waals surface area contributed by atoms with Gasteiger partial charge >= 0.3 is 0 Å². The van der Waals surface area contributed by atoms with Gasteiger partial charge in [-0.25, -0.2) is 5.43 Å². The molecule has 0 spiro atoms. The Bertz CT molecular complexity index is 610. The number of methoxy groups -OCH3 is 2. The van der Waals surface area contributed by atoms with Crippen LogP contribution in [-0.2, 0) is 6.54 Å². The van der Waals surface area contributed by atoms with Gasteiger partial charge in [0.15, 0.2) is 11.5 Å². The van der Waals surface area contributed by atoms with Crippen molar-refractivity contribution >= 4 is 0 Å². The Morgan fingerprint density at radius 3 is 2.52 bits per heavy atom. The average Bonchev–Trinajstić information content (AvgIpc) is 2.88. The van der Waals surface area contributed by atoms with Crippen molar-refractivity contribution in [3.8, 4) is 11.5 Å². The lowest BCUT2D eigenvalue weighted by atomic mass is 10.0. The zero-order chi connectivity index (χ0) is 15.4. The Balaban J connectivity index is 2.45. The summed E-state index contributed by atoms with van der Waals surface area (Å²) in [5.74, 6) is 7.14. The summed E-state index contributed by atoms with van der Waals surface area (Å²) in [6.45, 7) is 4.81. The Labute approximate surface area is 124 Å². The highest BCUT2D eigenvalue weighted by Gasteiger charge is 2.19. The van der Waals surface area contributed by atoms with E-state index in [9.17, 15) is 0 Å². The predicted molar refractivity (Wildman–Crippen MR) is 81.4 cm³/mol. The normalized spacial score (nSPS) is 12.2. The second-order valence-corrected chi connectivity index (χ2v) is 4.74. The second-order valence-electron chi connectivity index (χ2n) is 4.74. The molecule has 0 bridgehead atoms. The number of nitrogens with one attached hydrogen (secondary N) is 1. The van der Waals surface area contributed by atoms with Gasteiger partial charge in [0.05, 0.1) is 31.6 Å². The van der Waals surface area contributed by atoms with Crippen LogP contribution in [0.2, 0.25) is 0 Å². The molecule has 0 aliphatic rings. The highest BCUT2D eigenvalue weighted by atomic mass is 16.5. The van der Waals surface area contributed by atoms with Crippen LogP contribution >= 0.6 is 0 Å². The zero-order valence-electron chi connectivity index (χ0n) is 12.9. The molecular formula is C15H22N4O2. The van der Waals surface area contributed by atoms with E-state index < -0.39 is 0 Å². The third-order valence-electron chi connectivity index (χ3n) is 3.44. The molecule has 114 valence electrons. The number of hydrogen-bond acceptors (Lipinski definition) is 5. The van der Waals surface area contributed by atoms with E-state index in [1.165, 1.54) is 0 Å². The third-order valence-corrected chi connectivity index (χ3v) is 3.44. The Kier molecular flexibility index (Phi) is 4.82. The van der Waals surface area contributed by atoms with E-state index in [0.717, 1.165) is 23.5 Å². The van der Waals surface area contributed by atoms with E-state index in [-0.39, 0.29) is 6.04 Å². The number of nitrogens with zero attached hydrogens (tertiary/aromatic N) is 2. The standard InChI is InChI=1S/C15H22N4O2/c1-5-19-12(8-10(2)18-19)15(17-16)11-6-7-13(20-3)14(9-11)21-4/h6-9,15,17H,5,16H2,1-4H3. The minimum atomic E-state index is -0.161. The first kappa shape index (κ1) is 15.3. The number of hydrogen-bond donors (Lipinski definition) is 2. The van der Waals surface area contributed by atoms with Gasteiger partial charge in [-0.2, -0.15) is 5.10 Å². The number of aromatic nitrogens is 2. The van der Waals surface area contributed by atoms with Gasteiger partial charge in [0.2, 0.25) is 0 Å². The highest BCUT2D eigenvalue weighted by molar-refractivity contribution is 5.45. The van der Waals surface area contributed by atoms with Gasteiger partial charge < -0.3 is 9.47 Å². The first-order valence-electron chi connectivity index (χ1n) is 6.87. The summed E-state index contributed by atoms with van der Waals surface area (Å²) in [4.78, 5) is 0. The number of rotatable bonds is 6. The van der Waals surface area contributed by atoms with E-state index in [2.05, 4.69) is 17.4 Å². The molecule has 0 saturated heterocycles. The van der Waals surface area contributed by atoms with E-state index in [4.69, 9.17) is 15.3 Å². The molecular weight excluding hydrogens is 268 g/mol. The van der Waals surface area contributed by atoms with Crippen molar-refractivity contribution < 1.29 is 9.47 Å². The smallest absolute Gasteiger partial charge is 0.161 e. The van der Waals surface area contributed by atoms with Crippen molar-refractivity contribution in [1.82, 2.24) is 15.2 Å². The van der Waals surface area contributed by atoms with E-state index in [0.29, 0.717) is 11.5 Å². The summed E-state index contributed by atoms with van der Waals surface area (Å²) in [6.07, 6.45) is 0. The molecule has 0 radical (unpaired) electrons. The summed E-state index contributed by atoms with van der Waals surface area (Å²) in [6, 6.07) is 7.63. The monoisotopic (exact) mass is 290 g/mol. The van der Waals surface area contributed by atoms with Crippen molar-refractivity contribution in [2.45, 2.75) is 26.4 Å². The molecule has 1 atom stereocenters. The Morgan fingerprint density at radius 2 is 1.95 bits per heavy atom. The summed E-state index contributed by atoms with van der Waals surface area (Å²) in [5.41, 5.74) is 5.83. The van der Waals surface area contributed by atoms with Crippen LogP contribution in [0.15, 0.2) is 24.3 Å². The van der Waals surface area contributed by atoms with Crippen LogP contribution in [-0.4, -0.2) is 24.0 Å². The predicted octanol–water partition coefficient (Wildman–Crippen LogP) is 1.78. The van der Waals surface area contributed by atoms with Crippen LogP contribution in [0.5, 0.6) is 11.5 Å². The molecule has 6 nitrogen and oxygen atoms in total.